The van der Waals surface area contributed by atoms with E-state index >= 15 is 0 Å². The van der Waals surface area contributed by atoms with Crippen molar-refractivity contribution in [3.05, 3.63) is 0 Å². The van der Waals surface area contributed by atoms with Crippen molar-refractivity contribution < 1.29 is 33.4 Å². The highest BCUT2D eigenvalue weighted by Gasteiger charge is 2.37. The van der Waals surface area contributed by atoms with Gasteiger partial charge in [-0.3, -0.25) is 9.45 Å². The van der Waals surface area contributed by atoms with Gasteiger partial charge in [0.25, 0.3) is 10.1 Å². The lowest BCUT2D eigenvalue weighted by Crippen LogP contribution is -2.59. The molecule has 9 heteroatoms. The van der Waals surface area contributed by atoms with Crippen molar-refractivity contribution in [2.24, 2.45) is 0 Å². The zero-order valence-corrected chi connectivity index (χ0v) is 9.47. The first-order chi connectivity index (χ1) is 7.35. The topological polar surface area (TPSA) is 139 Å². The van der Waals surface area contributed by atoms with E-state index in [1.807, 2.05) is 0 Å². The van der Waals surface area contributed by atoms with Crippen LogP contribution in [0.2, 0.25) is 0 Å². The van der Waals surface area contributed by atoms with Crippen LogP contribution in [0.5, 0.6) is 0 Å². The number of hydrogen-bond donors (Lipinski definition) is 5. The van der Waals surface area contributed by atoms with Crippen molar-refractivity contribution in [2.75, 3.05) is 38.8 Å². The van der Waals surface area contributed by atoms with Crippen LogP contribution in [0.4, 0.5) is 0 Å². The summed E-state index contributed by atoms with van der Waals surface area (Å²) in [5.74, 6) is -0.894. The molecule has 5 N–H and O–H groups in total. The molecule has 0 atom stereocenters. The van der Waals surface area contributed by atoms with E-state index in [-0.39, 0.29) is 6.54 Å². The van der Waals surface area contributed by atoms with E-state index in [9.17, 15) is 8.42 Å². The Balaban J connectivity index is 4.99. The molecule has 0 aromatic rings. The molecule has 8 nitrogen and oxygen atoms in total. The Morgan fingerprint density at radius 1 is 1.00 bits per heavy atom. The van der Waals surface area contributed by atoms with Gasteiger partial charge in [-0.05, 0) is 0 Å². The van der Waals surface area contributed by atoms with Crippen LogP contribution in [-0.2, 0) is 10.1 Å². The van der Waals surface area contributed by atoms with Gasteiger partial charge >= 0.3 is 0 Å². The Morgan fingerprint density at radius 2 is 1.44 bits per heavy atom. The Bertz CT molecular complexity index is 279. The summed E-state index contributed by atoms with van der Waals surface area (Å²) in [6.45, 7) is -2.81. The minimum atomic E-state index is -4.38. The fourth-order valence-electron chi connectivity index (χ4n) is 1.21. The first-order valence-corrected chi connectivity index (χ1v) is 6.10. The number of rotatable bonds is 8. The van der Waals surface area contributed by atoms with Crippen LogP contribution in [0, 0.1) is 0 Å². The normalized spacial score (nSPS) is 13.4. The number of aliphatic hydroxyl groups is 4. The molecule has 0 saturated heterocycles. The Labute approximate surface area is 93.5 Å². The molecule has 0 aliphatic carbocycles. The first-order valence-electron chi connectivity index (χ1n) is 4.49. The summed E-state index contributed by atoms with van der Waals surface area (Å²) in [5, 5.41) is 35.9. The van der Waals surface area contributed by atoms with E-state index in [4.69, 9.17) is 25.0 Å². The van der Waals surface area contributed by atoms with Gasteiger partial charge in [0.05, 0.1) is 32.0 Å². The molecule has 0 aliphatic heterocycles. The largest absolute Gasteiger partial charge is 0.395 e. The van der Waals surface area contributed by atoms with Gasteiger partial charge in [0.15, 0.2) is 0 Å². The summed E-state index contributed by atoms with van der Waals surface area (Å²) in [7, 11) is -4.38. The Kier molecular flexibility index (Phi) is 6.33. The molecule has 16 heavy (non-hydrogen) atoms. The molecule has 0 aliphatic rings. The summed E-state index contributed by atoms with van der Waals surface area (Å²) in [5.41, 5.74) is -1.60. The summed E-state index contributed by atoms with van der Waals surface area (Å²) >= 11 is 0. The van der Waals surface area contributed by atoms with Gasteiger partial charge in [0.1, 0.15) is 5.88 Å². The quantitative estimate of drug-likeness (QED) is 0.288. The smallest absolute Gasteiger partial charge is 0.278 e. The van der Waals surface area contributed by atoms with Crippen molar-refractivity contribution >= 4 is 10.1 Å². The number of hydrogen-bond acceptors (Lipinski definition) is 7. The molecule has 98 valence electrons. The van der Waals surface area contributed by atoms with Gasteiger partial charge in [0, 0.05) is 6.54 Å². The van der Waals surface area contributed by atoms with E-state index in [0.717, 1.165) is 4.90 Å². The SMILES string of the molecule is O=S(=O)(O)CN(CCO)C(CO)(CO)CO. The highest BCUT2D eigenvalue weighted by molar-refractivity contribution is 7.85. The lowest BCUT2D eigenvalue weighted by atomic mass is 10.0. The molecule has 0 amide bonds. The molecule has 0 fully saturated rings. The molecule has 0 radical (unpaired) electrons. The lowest BCUT2D eigenvalue weighted by molar-refractivity contribution is -0.0445. The van der Waals surface area contributed by atoms with Crippen LogP contribution < -0.4 is 0 Å². The zero-order valence-electron chi connectivity index (χ0n) is 8.65. The van der Waals surface area contributed by atoms with E-state index in [2.05, 4.69) is 0 Å². The molecule has 0 bridgehead atoms. The van der Waals surface area contributed by atoms with Crippen LogP contribution in [-0.4, -0.2) is 82.7 Å². The molecular weight excluding hydrogens is 242 g/mol. The summed E-state index contributed by atoms with van der Waals surface area (Å²) in [6.07, 6.45) is 0. The first kappa shape index (κ1) is 15.7. The average molecular weight is 259 g/mol. The molecular formula is C7H17NO7S. The summed E-state index contributed by atoms with van der Waals surface area (Å²) in [4.78, 5) is 0.905. The van der Waals surface area contributed by atoms with E-state index < -0.39 is 48.0 Å². The van der Waals surface area contributed by atoms with Crippen LogP contribution in [0.1, 0.15) is 0 Å². The van der Waals surface area contributed by atoms with Crippen LogP contribution in [0.15, 0.2) is 0 Å². The number of β-amino-alcohol motifs (C(OH)–C–C–N with tert-alkyl or cyclic N) is 1. The van der Waals surface area contributed by atoms with Gasteiger partial charge in [-0.15, -0.1) is 0 Å². The maximum Gasteiger partial charge on any atom is 0.278 e. The third-order valence-corrected chi connectivity index (χ3v) is 2.88. The summed E-state index contributed by atoms with van der Waals surface area (Å²) in [6, 6.07) is 0. The second kappa shape index (κ2) is 6.45. The maximum absolute atomic E-state index is 10.7. The lowest BCUT2D eigenvalue weighted by Gasteiger charge is -2.38. The van der Waals surface area contributed by atoms with Crippen molar-refractivity contribution in [3.63, 3.8) is 0 Å². The second-order valence-corrected chi connectivity index (χ2v) is 4.82. The Morgan fingerprint density at radius 3 is 1.69 bits per heavy atom. The molecule has 0 saturated carbocycles. The Hall–Kier alpha value is -0.290. The van der Waals surface area contributed by atoms with Crippen molar-refractivity contribution in [1.29, 1.82) is 0 Å². The summed E-state index contributed by atoms with van der Waals surface area (Å²) < 4.78 is 30.1. The van der Waals surface area contributed by atoms with Gasteiger partial charge in [0.2, 0.25) is 0 Å². The predicted octanol–water partition coefficient (Wildman–Crippen LogP) is -3.16. The van der Waals surface area contributed by atoms with Gasteiger partial charge < -0.3 is 20.4 Å². The van der Waals surface area contributed by atoms with Crippen molar-refractivity contribution in [2.45, 2.75) is 5.54 Å². The molecule has 0 heterocycles. The fraction of sp³-hybridized carbons (Fsp3) is 1.00. The second-order valence-electron chi connectivity index (χ2n) is 3.40. The molecule has 0 unspecified atom stereocenters. The van der Waals surface area contributed by atoms with E-state index in [1.165, 1.54) is 0 Å². The maximum atomic E-state index is 10.7. The predicted molar refractivity (Wildman–Crippen MR) is 54.2 cm³/mol. The number of aliphatic hydroxyl groups excluding tert-OH is 4. The third kappa shape index (κ3) is 4.29. The molecule has 0 aromatic carbocycles. The molecule has 0 spiro atoms. The zero-order chi connectivity index (χ0) is 12.8. The minimum absolute atomic E-state index is 0.221. The third-order valence-electron chi connectivity index (χ3n) is 2.24. The van der Waals surface area contributed by atoms with E-state index in [1.54, 1.807) is 0 Å². The van der Waals surface area contributed by atoms with Crippen molar-refractivity contribution in [3.8, 4) is 0 Å². The van der Waals surface area contributed by atoms with Gasteiger partial charge in [-0.2, -0.15) is 8.42 Å². The van der Waals surface area contributed by atoms with Crippen LogP contribution >= 0.6 is 0 Å². The van der Waals surface area contributed by atoms with E-state index in [0.29, 0.717) is 0 Å². The molecule has 0 rings (SSSR count). The average Bonchev–Trinajstić information content (AvgIpc) is 2.19. The monoisotopic (exact) mass is 259 g/mol. The highest BCUT2D eigenvalue weighted by Crippen LogP contribution is 2.14. The fourth-order valence-corrected chi connectivity index (χ4v) is 2.00. The standard InChI is InChI=1S/C7H17NO7S/c9-2-1-8(6-16(13,14)15)7(3-10,4-11)5-12/h9-12H,1-6H2,(H,13,14,15). The minimum Gasteiger partial charge on any atom is -0.395 e. The molecule has 0 aromatic heterocycles. The van der Waals surface area contributed by atoms with Crippen LogP contribution in [0.25, 0.3) is 0 Å². The van der Waals surface area contributed by atoms with Gasteiger partial charge in [-0.25, -0.2) is 0 Å². The van der Waals surface area contributed by atoms with Gasteiger partial charge in [-0.1, -0.05) is 0 Å². The number of nitrogens with zero attached hydrogens (tertiary/aromatic N) is 1. The highest BCUT2D eigenvalue weighted by atomic mass is 32.2. The van der Waals surface area contributed by atoms with Crippen LogP contribution in [0.3, 0.4) is 0 Å². The van der Waals surface area contributed by atoms with Crippen molar-refractivity contribution in [1.82, 2.24) is 4.90 Å².